The second-order valence-corrected chi connectivity index (χ2v) is 6.33. The quantitative estimate of drug-likeness (QED) is 0.797. The Bertz CT molecular complexity index is 763. The second-order valence-electron chi connectivity index (χ2n) is 4.19. The number of anilines is 1. The summed E-state index contributed by atoms with van der Waals surface area (Å²) in [5.74, 6) is -0.323. The largest absolute Gasteiger partial charge is 0.399 e. The summed E-state index contributed by atoms with van der Waals surface area (Å²) < 4.78 is 44.8. The summed E-state index contributed by atoms with van der Waals surface area (Å²) in [5.41, 5.74) is 5.52. The molecule has 7 nitrogen and oxygen atoms in total. The third-order valence-electron chi connectivity index (χ3n) is 2.52. The van der Waals surface area contributed by atoms with Crippen LogP contribution in [0, 0.1) is 12.7 Å². The molecule has 0 atom stereocenters. The first-order valence-electron chi connectivity index (χ1n) is 5.83. The van der Waals surface area contributed by atoms with Crippen LogP contribution in [-0.2, 0) is 16.4 Å². The van der Waals surface area contributed by atoms with Crippen LogP contribution in [0.25, 0.3) is 0 Å². The zero-order valence-corrected chi connectivity index (χ0v) is 12.5. The minimum absolute atomic E-state index is 0.0207. The van der Waals surface area contributed by atoms with Gasteiger partial charge >= 0.3 is 0 Å². The molecule has 1 heterocycles. The number of sulfonamides is 1. The van der Waals surface area contributed by atoms with Gasteiger partial charge in [-0.15, -0.1) is 0 Å². The van der Waals surface area contributed by atoms with Gasteiger partial charge in [-0.3, -0.25) is 0 Å². The molecule has 3 N–H and O–H groups in total. The predicted molar refractivity (Wildman–Crippen MR) is 73.7 cm³/mol. The molecule has 114 valence electrons. The van der Waals surface area contributed by atoms with Gasteiger partial charge < -0.3 is 10.3 Å². The number of aryl methyl sites for hydroxylation is 1. The van der Waals surface area contributed by atoms with Gasteiger partial charge in [0.05, 0.1) is 5.02 Å². The van der Waals surface area contributed by atoms with Crippen molar-refractivity contribution in [3.63, 3.8) is 0 Å². The number of benzene rings is 1. The van der Waals surface area contributed by atoms with E-state index >= 15 is 0 Å². The summed E-state index contributed by atoms with van der Waals surface area (Å²) >= 11 is 5.58. The van der Waals surface area contributed by atoms with Crippen LogP contribution in [0.1, 0.15) is 11.7 Å². The maximum Gasteiger partial charge on any atom is 0.243 e. The Balaban J connectivity index is 2.12. The monoisotopic (exact) mass is 334 g/mol. The minimum Gasteiger partial charge on any atom is -0.399 e. The van der Waals surface area contributed by atoms with Gasteiger partial charge in [0.1, 0.15) is 4.90 Å². The summed E-state index contributed by atoms with van der Waals surface area (Å²) in [6.45, 7) is 1.60. The highest BCUT2D eigenvalue weighted by Gasteiger charge is 2.21. The van der Waals surface area contributed by atoms with E-state index in [0.717, 1.165) is 12.1 Å². The van der Waals surface area contributed by atoms with E-state index in [0.29, 0.717) is 11.7 Å². The Hall–Kier alpha value is -1.71. The SMILES string of the molecule is Cc1nc(CCNS(=O)(=O)c2cc(N)cc(Cl)c2F)no1. The molecule has 0 unspecified atom stereocenters. The predicted octanol–water partition coefficient (Wildman–Crippen LogP) is 1.27. The lowest BCUT2D eigenvalue weighted by atomic mass is 10.3. The van der Waals surface area contributed by atoms with Crippen LogP contribution in [0.2, 0.25) is 5.02 Å². The minimum atomic E-state index is -4.07. The molecule has 0 radical (unpaired) electrons. The van der Waals surface area contributed by atoms with E-state index < -0.39 is 20.7 Å². The molecular weight excluding hydrogens is 323 g/mol. The fourth-order valence-corrected chi connectivity index (χ4v) is 3.04. The lowest BCUT2D eigenvalue weighted by molar-refractivity contribution is 0.387. The van der Waals surface area contributed by atoms with Crippen molar-refractivity contribution in [3.05, 3.63) is 34.7 Å². The zero-order valence-electron chi connectivity index (χ0n) is 10.9. The number of nitrogens with two attached hydrogens (primary N) is 1. The van der Waals surface area contributed by atoms with E-state index in [1.165, 1.54) is 0 Å². The smallest absolute Gasteiger partial charge is 0.243 e. The summed E-state index contributed by atoms with van der Waals surface area (Å²) in [5, 5.41) is 3.26. The van der Waals surface area contributed by atoms with Crippen molar-refractivity contribution in [2.45, 2.75) is 18.2 Å². The Morgan fingerprint density at radius 2 is 2.19 bits per heavy atom. The Morgan fingerprint density at radius 3 is 2.81 bits per heavy atom. The van der Waals surface area contributed by atoms with E-state index in [1.54, 1.807) is 6.92 Å². The number of hydrogen-bond acceptors (Lipinski definition) is 6. The van der Waals surface area contributed by atoms with Crippen molar-refractivity contribution in [1.29, 1.82) is 0 Å². The van der Waals surface area contributed by atoms with E-state index in [9.17, 15) is 12.8 Å². The molecule has 0 aliphatic rings. The molecule has 1 aromatic carbocycles. The fourth-order valence-electron chi connectivity index (χ4n) is 1.60. The van der Waals surface area contributed by atoms with Crippen LogP contribution >= 0.6 is 11.6 Å². The van der Waals surface area contributed by atoms with Crippen molar-refractivity contribution in [2.75, 3.05) is 12.3 Å². The van der Waals surface area contributed by atoms with Crippen molar-refractivity contribution in [3.8, 4) is 0 Å². The van der Waals surface area contributed by atoms with Gasteiger partial charge in [-0.2, -0.15) is 4.98 Å². The van der Waals surface area contributed by atoms with Gasteiger partial charge in [0.2, 0.25) is 15.9 Å². The second kappa shape index (κ2) is 5.96. The van der Waals surface area contributed by atoms with Gasteiger partial charge in [-0.05, 0) is 12.1 Å². The molecule has 0 fully saturated rings. The number of hydrogen-bond donors (Lipinski definition) is 2. The molecule has 0 aliphatic carbocycles. The number of aromatic nitrogens is 2. The van der Waals surface area contributed by atoms with Crippen molar-refractivity contribution in [1.82, 2.24) is 14.9 Å². The molecule has 1 aromatic heterocycles. The number of nitrogens with one attached hydrogen (secondary N) is 1. The van der Waals surface area contributed by atoms with Gasteiger partial charge in [-0.25, -0.2) is 17.5 Å². The average Bonchev–Trinajstić information content (AvgIpc) is 2.79. The van der Waals surface area contributed by atoms with Crippen LogP contribution in [0.3, 0.4) is 0 Å². The fraction of sp³-hybridized carbons (Fsp3) is 0.273. The average molecular weight is 335 g/mol. The molecule has 2 aromatic rings. The highest BCUT2D eigenvalue weighted by atomic mass is 35.5. The maximum atomic E-state index is 13.8. The molecule has 2 rings (SSSR count). The van der Waals surface area contributed by atoms with E-state index in [-0.39, 0.29) is 23.7 Å². The summed E-state index contributed by atoms with van der Waals surface area (Å²) in [6.07, 6.45) is 0.203. The van der Waals surface area contributed by atoms with Crippen LogP contribution in [0.15, 0.2) is 21.6 Å². The molecule has 10 heteroatoms. The third kappa shape index (κ3) is 3.69. The zero-order chi connectivity index (χ0) is 15.6. The molecule has 21 heavy (non-hydrogen) atoms. The first kappa shape index (κ1) is 15.7. The first-order valence-corrected chi connectivity index (χ1v) is 7.69. The normalized spacial score (nSPS) is 11.8. The van der Waals surface area contributed by atoms with Crippen LogP contribution < -0.4 is 10.5 Å². The summed E-state index contributed by atoms with van der Waals surface area (Å²) in [4.78, 5) is 3.32. The van der Waals surface area contributed by atoms with Crippen molar-refractivity contribution in [2.24, 2.45) is 0 Å². The Kier molecular flexibility index (Phi) is 4.45. The Morgan fingerprint density at radius 1 is 1.48 bits per heavy atom. The molecule has 0 aliphatic heterocycles. The third-order valence-corrected chi connectivity index (χ3v) is 4.25. The molecule has 0 saturated carbocycles. The molecule has 0 bridgehead atoms. The van der Waals surface area contributed by atoms with Crippen LogP contribution in [0.4, 0.5) is 10.1 Å². The van der Waals surface area contributed by atoms with Crippen LogP contribution in [-0.4, -0.2) is 25.1 Å². The molecule has 0 spiro atoms. The number of rotatable bonds is 5. The molecule has 0 saturated heterocycles. The molecular formula is C11H12ClFN4O3S. The first-order chi connectivity index (χ1) is 9.79. The lowest BCUT2D eigenvalue weighted by Crippen LogP contribution is -2.27. The van der Waals surface area contributed by atoms with Gasteiger partial charge in [-0.1, -0.05) is 16.8 Å². The summed E-state index contributed by atoms with van der Waals surface area (Å²) in [6, 6.07) is 2.14. The number of nitrogens with zero attached hydrogens (tertiary/aromatic N) is 2. The van der Waals surface area contributed by atoms with Gasteiger partial charge in [0.25, 0.3) is 0 Å². The van der Waals surface area contributed by atoms with E-state index in [1.807, 2.05) is 0 Å². The number of nitrogen functional groups attached to an aromatic ring is 1. The van der Waals surface area contributed by atoms with E-state index in [2.05, 4.69) is 14.9 Å². The Labute approximate surface area is 125 Å². The van der Waals surface area contributed by atoms with Gasteiger partial charge in [0, 0.05) is 25.6 Å². The standard InChI is InChI=1S/C11H12ClFN4O3S/c1-6-16-10(17-20-6)2-3-15-21(18,19)9-5-7(14)4-8(12)11(9)13/h4-5,15H,2-3,14H2,1H3. The van der Waals surface area contributed by atoms with Gasteiger partial charge in [0.15, 0.2) is 11.6 Å². The van der Waals surface area contributed by atoms with Crippen molar-refractivity contribution >= 4 is 27.3 Å². The lowest BCUT2D eigenvalue weighted by Gasteiger charge is -2.08. The van der Waals surface area contributed by atoms with Crippen molar-refractivity contribution < 1.29 is 17.3 Å². The summed E-state index contributed by atoms with van der Waals surface area (Å²) in [7, 11) is -4.07. The van der Waals surface area contributed by atoms with E-state index in [4.69, 9.17) is 21.9 Å². The highest BCUT2D eigenvalue weighted by Crippen LogP contribution is 2.25. The number of halogens is 2. The molecule has 0 amide bonds. The topological polar surface area (TPSA) is 111 Å². The highest BCUT2D eigenvalue weighted by molar-refractivity contribution is 7.89. The maximum absolute atomic E-state index is 13.8. The van der Waals surface area contributed by atoms with Crippen LogP contribution in [0.5, 0.6) is 0 Å².